The van der Waals surface area contributed by atoms with Crippen LogP contribution < -0.4 is 5.32 Å². The molecule has 0 unspecified atom stereocenters. The third-order valence-electron chi connectivity index (χ3n) is 5.22. The molecule has 2 aromatic carbocycles. The Morgan fingerprint density at radius 3 is 2.72 bits per heavy atom. The van der Waals surface area contributed by atoms with E-state index in [9.17, 15) is 14.0 Å². The lowest BCUT2D eigenvalue weighted by Gasteiger charge is -2.19. The van der Waals surface area contributed by atoms with E-state index >= 15 is 0 Å². The number of nitrogens with one attached hydrogen (secondary N) is 2. The van der Waals surface area contributed by atoms with Gasteiger partial charge in [-0.2, -0.15) is 5.10 Å². The van der Waals surface area contributed by atoms with Gasteiger partial charge in [0.05, 0.1) is 17.8 Å². The summed E-state index contributed by atoms with van der Waals surface area (Å²) in [5.74, 6) is -1.08. The van der Waals surface area contributed by atoms with Gasteiger partial charge in [-0.25, -0.2) is 4.39 Å². The Hall–Kier alpha value is -3.48. The number of rotatable bonds is 5. The van der Waals surface area contributed by atoms with Crippen LogP contribution in [0, 0.1) is 12.7 Å². The summed E-state index contributed by atoms with van der Waals surface area (Å²) >= 11 is 0. The van der Waals surface area contributed by atoms with E-state index in [1.807, 2.05) is 25.1 Å². The van der Waals surface area contributed by atoms with Crippen LogP contribution in [0.5, 0.6) is 0 Å². The summed E-state index contributed by atoms with van der Waals surface area (Å²) in [6.45, 7) is 2.29. The van der Waals surface area contributed by atoms with E-state index in [0.717, 1.165) is 33.6 Å². The van der Waals surface area contributed by atoms with Crippen molar-refractivity contribution >= 4 is 17.5 Å². The van der Waals surface area contributed by atoms with Crippen molar-refractivity contribution in [1.29, 1.82) is 0 Å². The van der Waals surface area contributed by atoms with E-state index in [4.69, 9.17) is 0 Å². The predicted molar refractivity (Wildman–Crippen MR) is 108 cm³/mol. The maximum atomic E-state index is 13.2. The first-order valence-corrected chi connectivity index (χ1v) is 9.36. The number of anilines is 1. The Morgan fingerprint density at radius 1 is 1.21 bits per heavy atom. The van der Waals surface area contributed by atoms with E-state index in [2.05, 4.69) is 15.5 Å². The Kier molecular flexibility index (Phi) is 4.88. The van der Waals surface area contributed by atoms with Gasteiger partial charge in [0, 0.05) is 36.8 Å². The monoisotopic (exact) mass is 392 g/mol. The number of carbonyl (C=O) groups is 2. The Morgan fingerprint density at radius 2 is 1.97 bits per heavy atom. The molecule has 3 aromatic rings. The van der Waals surface area contributed by atoms with Gasteiger partial charge in [0.2, 0.25) is 11.8 Å². The molecule has 1 aliphatic rings. The minimum absolute atomic E-state index is 0.0997. The zero-order valence-corrected chi connectivity index (χ0v) is 16.2. The van der Waals surface area contributed by atoms with Crippen molar-refractivity contribution in [2.24, 2.45) is 0 Å². The zero-order chi connectivity index (χ0) is 20.5. The molecule has 29 heavy (non-hydrogen) atoms. The topological polar surface area (TPSA) is 78.1 Å². The fourth-order valence-corrected chi connectivity index (χ4v) is 3.62. The molecular weight excluding hydrogens is 371 g/mol. The van der Waals surface area contributed by atoms with E-state index in [1.165, 1.54) is 12.1 Å². The molecule has 2 amide bonds. The van der Waals surface area contributed by atoms with Crippen molar-refractivity contribution in [3.05, 3.63) is 71.2 Å². The largest absolute Gasteiger partial charge is 0.341 e. The Labute approximate surface area is 167 Å². The van der Waals surface area contributed by atoms with Crippen LogP contribution in [0.2, 0.25) is 0 Å². The molecule has 0 bridgehead atoms. The minimum Gasteiger partial charge on any atom is -0.341 e. The number of nitrogens with zero attached hydrogens (tertiary/aromatic N) is 2. The predicted octanol–water partition coefficient (Wildman–Crippen LogP) is 3.61. The van der Waals surface area contributed by atoms with Crippen LogP contribution in [0.1, 0.15) is 29.0 Å². The number of hydrogen-bond donors (Lipinski definition) is 2. The van der Waals surface area contributed by atoms with Gasteiger partial charge in [-0.1, -0.05) is 17.7 Å². The van der Waals surface area contributed by atoms with Crippen molar-refractivity contribution in [3.63, 3.8) is 0 Å². The van der Waals surface area contributed by atoms with Crippen molar-refractivity contribution in [2.75, 3.05) is 12.4 Å². The fraction of sp³-hybridized carbons (Fsp3) is 0.227. The standard InChI is InChI=1S/C22H21FN4O2/c1-13-3-8-19-17(9-13)18(22(29)25-19)10-20(28)27(2)12-15-11-24-26-21(15)14-4-6-16(23)7-5-14/h3-9,11,18H,10,12H2,1-2H3,(H,24,26)(H,25,29)/t18-/m1/s1. The van der Waals surface area contributed by atoms with Gasteiger partial charge in [-0.15, -0.1) is 0 Å². The number of hydrogen-bond acceptors (Lipinski definition) is 3. The summed E-state index contributed by atoms with van der Waals surface area (Å²) < 4.78 is 13.2. The average Bonchev–Trinajstić information content (AvgIpc) is 3.27. The molecule has 6 nitrogen and oxygen atoms in total. The summed E-state index contributed by atoms with van der Waals surface area (Å²) in [6.07, 6.45) is 1.76. The number of benzene rings is 2. The molecule has 0 saturated carbocycles. The molecule has 1 aromatic heterocycles. The normalized spacial score (nSPS) is 15.1. The highest BCUT2D eigenvalue weighted by molar-refractivity contribution is 6.05. The lowest BCUT2D eigenvalue weighted by molar-refractivity contribution is -0.132. The first-order valence-electron chi connectivity index (χ1n) is 9.36. The first kappa shape index (κ1) is 18.9. The zero-order valence-electron chi connectivity index (χ0n) is 16.2. The summed E-state index contributed by atoms with van der Waals surface area (Å²) in [7, 11) is 1.70. The molecule has 2 N–H and O–H groups in total. The fourth-order valence-electron chi connectivity index (χ4n) is 3.62. The molecule has 0 saturated heterocycles. The van der Waals surface area contributed by atoms with Crippen LogP contribution in [-0.2, 0) is 16.1 Å². The quantitative estimate of drug-likeness (QED) is 0.696. The molecule has 0 radical (unpaired) electrons. The summed E-state index contributed by atoms with van der Waals surface area (Å²) in [6, 6.07) is 11.9. The third kappa shape index (κ3) is 3.76. The Balaban J connectivity index is 1.48. The van der Waals surface area contributed by atoms with Crippen LogP contribution in [-0.4, -0.2) is 34.0 Å². The molecule has 4 rings (SSSR count). The highest BCUT2D eigenvalue weighted by Crippen LogP contribution is 2.35. The van der Waals surface area contributed by atoms with Gasteiger partial charge < -0.3 is 10.2 Å². The summed E-state index contributed by atoms with van der Waals surface area (Å²) in [4.78, 5) is 26.8. The molecule has 0 spiro atoms. The number of carbonyl (C=O) groups excluding carboxylic acids is 2. The second kappa shape index (κ2) is 7.50. The molecule has 2 heterocycles. The molecule has 1 atom stereocenters. The van der Waals surface area contributed by atoms with Crippen LogP contribution >= 0.6 is 0 Å². The second-order valence-corrected chi connectivity index (χ2v) is 7.36. The van der Waals surface area contributed by atoms with E-state index < -0.39 is 5.92 Å². The van der Waals surface area contributed by atoms with E-state index in [0.29, 0.717) is 6.54 Å². The Bertz CT molecular complexity index is 1070. The first-order chi connectivity index (χ1) is 13.9. The van der Waals surface area contributed by atoms with Crippen LogP contribution in [0.15, 0.2) is 48.7 Å². The van der Waals surface area contributed by atoms with Crippen LogP contribution in [0.25, 0.3) is 11.3 Å². The number of H-pyrrole nitrogens is 1. The van der Waals surface area contributed by atoms with Crippen LogP contribution in [0.4, 0.5) is 10.1 Å². The number of aromatic amines is 1. The minimum atomic E-state index is -0.485. The van der Waals surface area contributed by atoms with Crippen molar-refractivity contribution in [3.8, 4) is 11.3 Å². The molecule has 0 aliphatic carbocycles. The number of fused-ring (bicyclic) bond motifs is 1. The lowest BCUT2D eigenvalue weighted by Crippen LogP contribution is -2.29. The SMILES string of the molecule is Cc1ccc2c(c1)[C@@H](CC(=O)N(C)Cc1cn[nH]c1-c1ccc(F)cc1)C(=O)N2. The highest BCUT2D eigenvalue weighted by atomic mass is 19.1. The number of amides is 2. The molecular formula is C22H21FN4O2. The molecule has 1 aliphatic heterocycles. The van der Waals surface area contributed by atoms with Gasteiger partial charge in [0.15, 0.2) is 0 Å². The van der Waals surface area contributed by atoms with Gasteiger partial charge in [0.25, 0.3) is 0 Å². The van der Waals surface area contributed by atoms with Gasteiger partial charge in [0.1, 0.15) is 5.82 Å². The van der Waals surface area contributed by atoms with E-state index in [-0.39, 0.29) is 24.1 Å². The van der Waals surface area contributed by atoms with Gasteiger partial charge in [-0.05, 0) is 42.8 Å². The van der Waals surface area contributed by atoms with Gasteiger partial charge >= 0.3 is 0 Å². The van der Waals surface area contributed by atoms with E-state index in [1.54, 1.807) is 30.3 Å². The van der Waals surface area contributed by atoms with Gasteiger partial charge in [-0.3, -0.25) is 14.7 Å². The van der Waals surface area contributed by atoms with Crippen LogP contribution in [0.3, 0.4) is 0 Å². The summed E-state index contributed by atoms with van der Waals surface area (Å²) in [5, 5.41) is 9.82. The molecule has 148 valence electrons. The highest BCUT2D eigenvalue weighted by Gasteiger charge is 2.33. The third-order valence-corrected chi connectivity index (χ3v) is 5.22. The maximum Gasteiger partial charge on any atom is 0.232 e. The maximum absolute atomic E-state index is 13.2. The molecule has 0 fully saturated rings. The lowest BCUT2D eigenvalue weighted by atomic mass is 9.95. The van der Waals surface area contributed by atoms with Crippen molar-refractivity contribution < 1.29 is 14.0 Å². The number of aryl methyl sites for hydroxylation is 1. The smallest absolute Gasteiger partial charge is 0.232 e. The number of aromatic nitrogens is 2. The van der Waals surface area contributed by atoms with Crippen molar-refractivity contribution in [2.45, 2.75) is 25.8 Å². The summed E-state index contributed by atoms with van der Waals surface area (Å²) in [5.41, 5.74) is 5.04. The average molecular weight is 392 g/mol. The number of halogens is 1. The van der Waals surface area contributed by atoms with Crippen molar-refractivity contribution in [1.82, 2.24) is 15.1 Å². The molecule has 7 heteroatoms. The second-order valence-electron chi connectivity index (χ2n) is 7.36.